The maximum absolute atomic E-state index is 10.9. The van der Waals surface area contributed by atoms with Gasteiger partial charge in [-0.15, -0.1) is 0 Å². The summed E-state index contributed by atoms with van der Waals surface area (Å²) in [6.45, 7) is 5.23. The van der Waals surface area contributed by atoms with E-state index >= 15 is 0 Å². The first-order valence-corrected chi connectivity index (χ1v) is 4.73. The summed E-state index contributed by atoms with van der Waals surface area (Å²) in [6, 6.07) is 0. The molecule has 1 atom stereocenters. The number of hydrogen-bond donors (Lipinski definition) is 2. The number of aliphatic carboxylic acids is 1. The highest BCUT2D eigenvalue weighted by atomic mass is 16.4. The number of hydrogen-bond acceptors (Lipinski definition) is 4. The van der Waals surface area contributed by atoms with Gasteiger partial charge in [0.15, 0.2) is 0 Å². The van der Waals surface area contributed by atoms with Gasteiger partial charge in [0.1, 0.15) is 0 Å². The average Bonchev–Trinajstić information content (AvgIpc) is 2.16. The van der Waals surface area contributed by atoms with Gasteiger partial charge in [-0.2, -0.15) is 0 Å². The third kappa shape index (κ3) is 2.23. The minimum atomic E-state index is -0.859. The zero-order chi connectivity index (χ0) is 11.6. The molecule has 1 aromatic heterocycles. The second kappa shape index (κ2) is 4.25. The van der Waals surface area contributed by atoms with Crippen molar-refractivity contribution in [2.45, 2.75) is 26.7 Å². The van der Waals surface area contributed by atoms with Crippen molar-refractivity contribution < 1.29 is 9.90 Å². The summed E-state index contributed by atoms with van der Waals surface area (Å²) in [5.41, 5.74) is 2.12. The van der Waals surface area contributed by atoms with Crippen LogP contribution in [0, 0.1) is 13.8 Å². The molecule has 0 bridgehead atoms. The fourth-order valence-electron chi connectivity index (χ4n) is 1.59. The summed E-state index contributed by atoms with van der Waals surface area (Å²) in [5, 5.41) is 11.8. The van der Waals surface area contributed by atoms with Gasteiger partial charge in [-0.1, -0.05) is 0 Å². The molecule has 1 unspecified atom stereocenters. The highest BCUT2D eigenvalue weighted by Gasteiger charge is 2.20. The number of carbonyl (C=O) groups is 1. The first-order valence-electron chi connectivity index (χ1n) is 4.73. The molecule has 0 aliphatic heterocycles. The highest BCUT2D eigenvalue weighted by molar-refractivity contribution is 5.76. The topological polar surface area (TPSA) is 75.1 Å². The molecule has 5 nitrogen and oxygen atoms in total. The van der Waals surface area contributed by atoms with Gasteiger partial charge in [0, 0.05) is 24.0 Å². The number of carboxylic acid groups (broad SMARTS) is 1. The van der Waals surface area contributed by atoms with E-state index < -0.39 is 11.9 Å². The van der Waals surface area contributed by atoms with Crippen LogP contribution in [0.2, 0.25) is 0 Å². The quantitative estimate of drug-likeness (QED) is 0.785. The number of carboxylic acids is 1. The van der Waals surface area contributed by atoms with Crippen LogP contribution in [0.15, 0.2) is 0 Å². The Morgan fingerprint density at radius 1 is 1.33 bits per heavy atom. The minimum absolute atomic E-state index is 0.520. The molecule has 0 aliphatic rings. The minimum Gasteiger partial charge on any atom is -0.481 e. The summed E-state index contributed by atoms with van der Waals surface area (Å²) in [4.78, 5) is 19.2. The number of anilines is 1. The van der Waals surface area contributed by atoms with Crippen molar-refractivity contribution in [3.8, 4) is 0 Å². The first-order chi connectivity index (χ1) is 6.97. The van der Waals surface area contributed by atoms with Crippen LogP contribution in [0.3, 0.4) is 0 Å². The van der Waals surface area contributed by atoms with Crippen molar-refractivity contribution in [2.75, 3.05) is 12.4 Å². The van der Waals surface area contributed by atoms with Gasteiger partial charge in [-0.05, 0) is 20.8 Å². The Bertz CT molecular complexity index is 367. The fraction of sp³-hybridized carbons (Fsp3) is 0.500. The van der Waals surface area contributed by atoms with Crippen molar-refractivity contribution in [3.05, 3.63) is 17.0 Å². The van der Waals surface area contributed by atoms with Gasteiger partial charge in [0.25, 0.3) is 0 Å². The van der Waals surface area contributed by atoms with E-state index in [1.165, 1.54) is 0 Å². The lowest BCUT2D eigenvalue weighted by Gasteiger charge is -2.13. The molecule has 0 radical (unpaired) electrons. The number of aryl methyl sites for hydroxylation is 2. The summed E-state index contributed by atoms with van der Waals surface area (Å²) < 4.78 is 0. The number of rotatable bonds is 3. The van der Waals surface area contributed by atoms with Crippen molar-refractivity contribution >= 4 is 11.9 Å². The van der Waals surface area contributed by atoms with Crippen molar-refractivity contribution in [1.82, 2.24) is 9.97 Å². The van der Waals surface area contributed by atoms with E-state index in [4.69, 9.17) is 5.11 Å². The molecule has 5 heteroatoms. The molecule has 2 N–H and O–H groups in total. The smallest absolute Gasteiger partial charge is 0.310 e. The molecule has 1 heterocycles. The molecule has 0 saturated heterocycles. The van der Waals surface area contributed by atoms with E-state index in [2.05, 4.69) is 15.3 Å². The van der Waals surface area contributed by atoms with Crippen LogP contribution in [-0.4, -0.2) is 28.1 Å². The second-order valence-corrected chi connectivity index (χ2v) is 3.44. The van der Waals surface area contributed by atoms with E-state index in [0.29, 0.717) is 22.9 Å². The molecule has 0 saturated carbocycles. The van der Waals surface area contributed by atoms with E-state index in [9.17, 15) is 4.79 Å². The van der Waals surface area contributed by atoms with Crippen LogP contribution in [0.25, 0.3) is 0 Å². The van der Waals surface area contributed by atoms with Gasteiger partial charge < -0.3 is 10.4 Å². The lowest BCUT2D eigenvalue weighted by atomic mass is 9.98. The summed E-state index contributed by atoms with van der Waals surface area (Å²) in [7, 11) is 1.73. The lowest BCUT2D eigenvalue weighted by molar-refractivity contribution is -0.138. The van der Waals surface area contributed by atoms with Crippen LogP contribution < -0.4 is 5.32 Å². The Balaban J connectivity index is 3.25. The van der Waals surface area contributed by atoms with Crippen LogP contribution in [-0.2, 0) is 4.79 Å². The maximum Gasteiger partial charge on any atom is 0.310 e. The molecule has 0 aliphatic carbocycles. The zero-order valence-corrected chi connectivity index (χ0v) is 9.33. The third-order valence-electron chi connectivity index (χ3n) is 2.35. The Hall–Kier alpha value is -1.65. The van der Waals surface area contributed by atoms with Crippen LogP contribution in [0.1, 0.15) is 29.8 Å². The predicted octanol–water partition coefficient (Wildman–Crippen LogP) is 1.32. The van der Waals surface area contributed by atoms with E-state index in [1.54, 1.807) is 27.8 Å². The molecular formula is C10H15N3O2. The van der Waals surface area contributed by atoms with Crippen molar-refractivity contribution in [3.63, 3.8) is 0 Å². The normalized spacial score (nSPS) is 12.3. The molecule has 1 rings (SSSR count). The standard InChI is InChI=1S/C10H15N3O2/c1-5(9(14)15)8-6(2)12-10(11-4)13-7(8)3/h5H,1-4H3,(H,14,15)(H,11,12,13). The van der Waals surface area contributed by atoms with Gasteiger partial charge in [-0.25, -0.2) is 9.97 Å². The monoisotopic (exact) mass is 209 g/mol. The molecule has 0 aromatic carbocycles. The van der Waals surface area contributed by atoms with E-state index in [0.717, 1.165) is 0 Å². The first kappa shape index (κ1) is 11.4. The highest BCUT2D eigenvalue weighted by Crippen LogP contribution is 2.22. The van der Waals surface area contributed by atoms with E-state index in [-0.39, 0.29) is 0 Å². The second-order valence-electron chi connectivity index (χ2n) is 3.44. The third-order valence-corrected chi connectivity index (χ3v) is 2.35. The molecule has 15 heavy (non-hydrogen) atoms. The molecule has 0 fully saturated rings. The average molecular weight is 209 g/mol. The summed E-state index contributed by atoms with van der Waals surface area (Å²) in [6.07, 6.45) is 0. The van der Waals surface area contributed by atoms with Gasteiger partial charge in [0.2, 0.25) is 5.95 Å². The van der Waals surface area contributed by atoms with Gasteiger partial charge in [0.05, 0.1) is 5.92 Å². The van der Waals surface area contributed by atoms with Crippen molar-refractivity contribution in [1.29, 1.82) is 0 Å². The summed E-state index contributed by atoms with van der Waals surface area (Å²) >= 11 is 0. The van der Waals surface area contributed by atoms with Crippen LogP contribution >= 0.6 is 0 Å². The Labute approximate surface area is 88.6 Å². The molecule has 0 spiro atoms. The zero-order valence-electron chi connectivity index (χ0n) is 9.33. The van der Waals surface area contributed by atoms with Gasteiger partial charge >= 0.3 is 5.97 Å². The van der Waals surface area contributed by atoms with Crippen LogP contribution in [0.5, 0.6) is 0 Å². The lowest BCUT2D eigenvalue weighted by Crippen LogP contribution is -2.14. The molecular weight excluding hydrogens is 194 g/mol. The van der Waals surface area contributed by atoms with Crippen LogP contribution in [0.4, 0.5) is 5.95 Å². The number of nitrogens with zero attached hydrogens (tertiary/aromatic N) is 2. The number of aromatic nitrogens is 2. The maximum atomic E-state index is 10.9. The molecule has 0 amide bonds. The summed E-state index contributed by atoms with van der Waals surface area (Å²) in [5.74, 6) is -0.913. The SMILES string of the molecule is CNc1nc(C)c(C(C)C(=O)O)c(C)n1. The number of nitrogens with one attached hydrogen (secondary N) is 1. The molecule has 82 valence electrons. The van der Waals surface area contributed by atoms with Gasteiger partial charge in [-0.3, -0.25) is 4.79 Å². The fourth-order valence-corrected chi connectivity index (χ4v) is 1.59. The Morgan fingerprint density at radius 2 is 1.80 bits per heavy atom. The Morgan fingerprint density at radius 3 is 2.13 bits per heavy atom. The Kier molecular flexibility index (Phi) is 3.24. The molecule has 1 aromatic rings. The van der Waals surface area contributed by atoms with E-state index in [1.807, 2.05) is 0 Å². The van der Waals surface area contributed by atoms with Crippen molar-refractivity contribution in [2.24, 2.45) is 0 Å². The largest absolute Gasteiger partial charge is 0.481 e. The predicted molar refractivity (Wildman–Crippen MR) is 57.1 cm³/mol.